The molecule has 0 N–H and O–H groups in total. The molecule has 0 radical (unpaired) electrons. The SMILES string of the molecule is CS(=O)(=O)Oc1ccc2c(c1)C=C2. The van der Waals surface area contributed by atoms with Crippen LogP contribution in [0, 0.1) is 0 Å². The van der Waals surface area contributed by atoms with Gasteiger partial charge in [-0.3, -0.25) is 0 Å². The van der Waals surface area contributed by atoms with Crippen molar-refractivity contribution >= 4 is 22.3 Å². The standard InChI is InChI=1S/C9H8O3S/c1-13(10,11)12-9-5-4-7-2-3-8(7)6-9/h2-6H,1H3. The van der Waals surface area contributed by atoms with E-state index in [1.165, 1.54) is 0 Å². The van der Waals surface area contributed by atoms with Crippen LogP contribution in [0.4, 0.5) is 0 Å². The summed E-state index contributed by atoms with van der Waals surface area (Å²) in [7, 11) is -3.41. The van der Waals surface area contributed by atoms with Crippen molar-refractivity contribution in [3.8, 4) is 5.75 Å². The Bertz CT molecular complexity index is 472. The van der Waals surface area contributed by atoms with Gasteiger partial charge in [0.15, 0.2) is 0 Å². The first-order chi connectivity index (χ1) is 6.04. The van der Waals surface area contributed by atoms with Crippen molar-refractivity contribution in [3.05, 3.63) is 29.3 Å². The van der Waals surface area contributed by atoms with E-state index in [0.717, 1.165) is 17.4 Å². The normalized spacial score (nSPS) is 13.3. The molecule has 4 heteroatoms. The van der Waals surface area contributed by atoms with Gasteiger partial charge in [0.2, 0.25) is 0 Å². The highest BCUT2D eigenvalue weighted by Gasteiger charge is 2.09. The van der Waals surface area contributed by atoms with Gasteiger partial charge in [-0.1, -0.05) is 18.2 Å². The van der Waals surface area contributed by atoms with Crippen LogP contribution >= 0.6 is 0 Å². The third kappa shape index (κ3) is 1.72. The van der Waals surface area contributed by atoms with E-state index in [-0.39, 0.29) is 0 Å². The smallest absolute Gasteiger partial charge is 0.306 e. The second-order valence-electron chi connectivity index (χ2n) is 2.91. The Morgan fingerprint density at radius 1 is 1.15 bits per heavy atom. The zero-order valence-electron chi connectivity index (χ0n) is 7.02. The topological polar surface area (TPSA) is 43.4 Å². The lowest BCUT2D eigenvalue weighted by Gasteiger charge is -2.11. The molecule has 0 aromatic heterocycles. The van der Waals surface area contributed by atoms with E-state index in [9.17, 15) is 8.42 Å². The lowest BCUT2D eigenvalue weighted by atomic mass is 9.98. The van der Waals surface area contributed by atoms with Gasteiger partial charge in [0.25, 0.3) is 0 Å². The minimum Gasteiger partial charge on any atom is -0.383 e. The summed E-state index contributed by atoms with van der Waals surface area (Å²) >= 11 is 0. The van der Waals surface area contributed by atoms with Gasteiger partial charge in [0, 0.05) is 0 Å². The van der Waals surface area contributed by atoms with Gasteiger partial charge in [0.05, 0.1) is 6.26 Å². The Hall–Kier alpha value is -1.29. The molecule has 1 aliphatic carbocycles. The van der Waals surface area contributed by atoms with Gasteiger partial charge >= 0.3 is 10.1 Å². The third-order valence-corrected chi connectivity index (χ3v) is 2.24. The molecule has 0 fully saturated rings. The van der Waals surface area contributed by atoms with E-state index >= 15 is 0 Å². The second-order valence-corrected chi connectivity index (χ2v) is 4.49. The Morgan fingerprint density at radius 2 is 1.85 bits per heavy atom. The first-order valence-electron chi connectivity index (χ1n) is 3.76. The molecule has 68 valence electrons. The molecule has 1 aromatic rings. The zero-order chi connectivity index (χ0) is 9.47. The fourth-order valence-corrected chi connectivity index (χ4v) is 1.61. The average Bonchev–Trinajstić information content (AvgIpc) is 1.92. The Morgan fingerprint density at radius 3 is 2.31 bits per heavy atom. The Balaban J connectivity index is 2.30. The largest absolute Gasteiger partial charge is 0.383 e. The van der Waals surface area contributed by atoms with E-state index < -0.39 is 10.1 Å². The average molecular weight is 196 g/mol. The molecule has 1 aromatic carbocycles. The lowest BCUT2D eigenvalue weighted by molar-refractivity contribution is 0.493. The predicted molar refractivity (Wildman–Crippen MR) is 50.8 cm³/mol. The predicted octanol–water partition coefficient (Wildman–Crippen LogP) is 1.51. The van der Waals surface area contributed by atoms with Crippen LogP contribution in [0.2, 0.25) is 0 Å². The summed E-state index contributed by atoms with van der Waals surface area (Å²) in [5.74, 6) is 0.366. The minimum absolute atomic E-state index is 0.366. The van der Waals surface area contributed by atoms with E-state index in [2.05, 4.69) is 0 Å². The van der Waals surface area contributed by atoms with E-state index in [1.807, 2.05) is 18.2 Å². The van der Waals surface area contributed by atoms with Gasteiger partial charge in [-0.05, 0) is 23.3 Å². The van der Waals surface area contributed by atoms with Gasteiger partial charge in [-0.15, -0.1) is 0 Å². The number of hydrogen-bond donors (Lipinski definition) is 0. The number of fused-ring (bicyclic) bond motifs is 1. The van der Waals surface area contributed by atoms with Crippen LogP contribution in [0.15, 0.2) is 18.2 Å². The van der Waals surface area contributed by atoms with Crippen molar-refractivity contribution in [2.45, 2.75) is 0 Å². The van der Waals surface area contributed by atoms with Crippen molar-refractivity contribution in [1.29, 1.82) is 0 Å². The molecule has 0 bridgehead atoms. The maximum atomic E-state index is 10.8. The summed E-state index contributed by atoms with van der Waals surface area (Å²) in [5.41, 5.74) is 2.13. The van der Waals surface area contributed by atoms with Crippen molar-refractivity contribution in [2.75, 3.05) is 6.26 Å². The summed E-state index contributed by atoms with van der Waals surface area (Å²) in [6.45, 7) is 0. The van der Waals surface area contributed by atoms with E-state index in [4.69, 9.17) is 4.18 Å². The highest BCUT2D eigenvalue weighted by molar-refractivity contribution is 7.86. The molecule has 0 saturated heterocycles. The molecule has 0 saturated carbocycles. The molecule has 3 nitrogen and oxygen atoms in total. The molecule has 0 atom stereocenters. The molecule has 0 unspecified atom stereocenters. The molecule has 0 amide bonds. The van der Waals surface area contributed by atoms with Gasteiger partial charge < -0.3 is 4.18 Å². The highest BCUT2D eigenvalue weighted by Crippen LogP contribution is 2.27. The van der Waals surface area contributed by atoms with E-state index in [0.29, 0.717) is 5.75 Å². The van der Waals surface area contributed by atoms with Gasteiger partial charge in [0.1, 0.15) is 5.75 Å². The van der Waals surface area contributed by atoms with Crippen LogP contribution in [0.5, 0.6) is 5.75 Å². The van der Waals surface area contributed by atoms with Crippen LogP contribution in [-0.4, -0.2) is 14.7 Å². The van der Waals surface area contributed by atoms with Crippen molar-refractivity contribution < 1.29 is 12.6 Å². The Kier molecular flexibility index (Phi) is 1.66. The van der Waals surface area contributed by atoms with Gasteiger partial charge in [-0.2, -0.15) is 8.42 Å². The number of rotatable bonds is 2. The van der Waals surface area contributed by atoms with Crippen LogP contribution in [-0.2, 0) is 10.1 Å². The summed E-state index contributed by atoms with van der Waals surface area (Å²) < 4.78 is 26.3. The van der Waals surface area contributed by atoms with Crippen LogP contribution in [0.1, 0.15) is 11.1 Å². The maximum absolute atomic E-state index is 10.8. The first-order valence-corrected chi connectivity index (χ1v) is 5.58. The first kappa shape index (κ1) is 8.31. The minimum atomic E-state index is -3.41. The van der Waals surface area contributed by atoms with Crippen LogP contribution in [0.25, 0.3) is 12.2 Å². The second kappa shape index (κ2) is 2.60. The highest BCUT2D eigenvalue weighted by atomic mass is 32.2. The van der Waals surface area contributed by atoms with Crippen molar-refractivity contribution in [2.24, 2.45) is 0 Å². The Labute approximate surface area is 76.8 Å². The molecular weight excluding hydrogens is 188 g/mol. The van der Waals surface area contributed by atoms with Crippen LogP contribution in [0.3, 0.4) is 0 Å². The van der Waals surface area contributed by atoms with E-state index in [1.54, 1.807) is 12.1 Å². The fourth-order valence-electron chi connectivity index (χ4n) is 1.16. The molecular formula is C9H8O3S. The summed E-state index contributed by atoms with van der Waals surface area (Å²) in [6.07, 6.45) is 4.90. The summed E-state index contributed by atoms with van der Waals surface area (Å²) in [4.78, 5) is 0. The number of hydrogen-bond acceptors (Lipinski definition) is 3. The number of benzene rings is 1. The van der Waals surface area contributed by atoms with Crippen molar-refractivity contribution in [1.82, 2.24) is 0 Å². The summed E-state index contributed by atoms with van der Waals surface area (Å²) in [5, 5.41) is 0. The molecule has 0 heterocycles. The van der Waals surface area contributed by atoms with Gasteiger partial charge in [-0.25, -0.2) is 0 Å². The fraction of sp³-hybridized carbons (Fsp3) is 0.111. The zero-order valence-corrected chi connectivity index (χ0v) is 7.84. The molecule has 1 aliphatic rings. The summed E-state index contributed by atoms with van der Waals surface area (Å²) in [6, 6.07) is 5.18. The maximum Gasteiger partial charge on any atom is 0.306 e. The molecule has 2 rings (SSSR count). The van der Waals surface area contributed by atoms with Crippen LogP contribution < -0.4 is 4.18 Å². The molecule has 0 spiro atoms. The van der Waals surface area contributed by atoms with Crippen molar-refractivity contribution in [3.63, 3.8) is 0 Å². The quantitative estimate of drug-likeness (QED) is 0.684. The monoisotopic (exact) mass is 196 g/mol. The third-order valence-electron chi connectivity index (χ3n) is 1.75. The lowest BCUT2D eigenvalue weighted by Crippen LogP contribution is -2.06. The molecule has 0 aliphatic heterocycles. The molecule has 13 heavy (non-hydrogen) atoms.